The highest BCUT2D eigenvalue weighted by Crippen LogP contribution is 2.40. The second-order valence-corrected chi connectivity index (χ2v) is 4.56. The lowest BCUT2D eigenvalue weighted by Gasteiger charge is -2.08. The SMILES string of the molecule is N#Cc1cc2c(c(C(=O)O)c1C#N)Cc1ccccc1-2. The van der Waals surface area contributed by atoms with Gasteiger partial charge in [0.2, 0.25) is 0 Å². The third-order valence-corrected chi connectivity index (χ3v) is 3.56. The summed E-state index contributed by atoms with van der Waals surface area (Å²) < 4.78 is 0. The Morgan fingerprint density at radius 1 is 1.15 bits per heavy atom. The molecule has 1 aliphatic carbocycles. The van der Waals surface area contributed by atoms with Gasteiger partial charge in [0.1, 0.15) is 12.1 Å². The van der Waals surface area contributed by atoms with Crippen molar-refractivity contribution in [2.45, 2.75) is 6.42 Å². The molecule has 2 aromatic carbocycles. The molecule has 4 heteroatoms. The molecule has 2 aromatic rings. The van der Waals surface area contributed by atoms with Gasteiger partial charge in [0, 0.05) is 0 Å². The second-order valence-electron chi connectivity index (χ2n) is 4.56. The van der Waals surface area contributed by atoms with Gasteiger partial charge >= 0.3 is 5.97 Å². The minimum Gasteiger partial charge on any atom is -0.478 e. The predicted molar refractivity (Wildman–Crippen MR) is 71.1 cm³/mol. The van der Waals surface area contributed by atoms with E-state index in [1.165, 1.54) is 0 Å². The van der Waals surface area contributed by atoms with E-state index in [9.17, 15) is 9.90 Å². The normalized spacial score (nSPS) is 11.1. The molecule has 0 amide bonds. The minimum atomic E-state index is -1.16. The molecular formula is C16H8N2O2. The molecule has 0 fully saturated rings. The van der Waals surface area contributed by atoms with Crippen molar-refractivity contribution < 1.29 is 9.90 Å². The maximum atomic E-state index is 11.5. The van der Waals surface area contributed by atoms with Gasteiger partial charge in [0.25, 0.3) is 0 Å². The largest absolute Gasteiger partial charge is 0.478 e. The first kappa shape index (κ1) is 12.0. The molecule has 0 aliphatic heterocycles. The number of carboxylic acid groups (broad SMARTS) is 1. The highest BCUT2D eigenvalue weighted by molar-refractivity contribution is 5.98. The van der Waals surface area contributed by atoms with Crippen molar-refractivity contribution in [3.63, 3.8) is 0 Å². The molecule has 0 unspecified atom stereocenters. The van der Waals surface area contributed by atoms with Crippen LogP contribution in [0.3, 0.4) is 0 Å². The van der Waals surface area contributed by atoms with Crippen LogP contribution in [0.1, 0.15) is 32.6 Å². The minimum absolute atomic E-state index is 0.0437. The molecule has 0 spiro atoms. The van der Waals surface area contributed by atoms with Crippen molar-refractivity contribution in [3.05, 3.63) is 58.1 Å². The molecule has 0 saturated heterocycles. The first-order valence-corrected chi connectivity index (χ1v) is 5.99. The molecule has 20 heavy (non-hydrogen) atoms. The summed E-state index contributed by atoms with van der Waals surface area (Å²) in [6.07, 6.45) is 0.480. The Morgan fingerprint density at radius 3 is 2.55 bits per heavy atom. The zero-order chi connectivity index (χ0) is 14.3. The van der Waals surface area contributed by atoms with E-state index in [-0.39, 0.29) is 16.7 Å². The first-order chi connectivity index (χ1) is 9.67. The lowest BCUT2D eigenvalue weighted by atomic mass is 9.92. The molecular weight excluding hydrogens is 252 g/mol. The van der Waals surface area contributed by atoms with Crippen LogP contribution in [0.5, 0.6) is 0 Å². The number of nitrogens with zero attached hydrogens (tertiary/aromatic N) is 2. The molecule has 0 heterocycles. The van der Waals surface area contributed by atoms with Crippen LogP contribution in [0.25, 0.3) is 11.1 Å². The number of hydrogen-bond acceptors (Lipinski definition) is 3. The lowest BCUT2D eigenvalue weighted by molar-refractivity contribution is 0.0695. The third-order valence-electron chi connectivity index (χ3n) is 3.56. The summed E-state index contributed by atoms with van der Waals surface area (Å²) in [6, 6.07) is 13.0. The topological polar surface area (TPSA) is 84.9 Å². The van der Waals surface area contributed by atoms with Gasteiger partial charge < -0.3 is 5.11 Å². The van der Waals surface area contributed by atoms with Crippen molar-refractivity contribution in [3.8, 4) is 23.3 Å². The van der Waals surface area contributed by atoms with Crippen molar-refractivity contribution in [1.82, 2.24) is 0 Å². The number of hydrogen-bond donors (Lipinski definition) is 1. The van der Waals surface area contributed by atoms with Gasteiger partial charge in [-0.2, -0.15) is 10.5 Å². The van der Waals surface area contributed by atoms with Crippen molar-refractivity contribution >= 4 is 5.97 Å². The van der Waals surface area contributed by atoms with Crippen LogP contribution in [0.4, 0.5) is 0 Å². The van der Waals surface area contributed by atoms with E-state index in [0.717, 1.165) is 16.7 Å². The first-order valence-electron chi connectivity index (χ1n) is 5.99. The van der Waals surface area contributed by atoms with Crippen LogP contribution in [0, 0.1) is 22.7 Å². The predicted octanol–water partition coefficient (Wildman–Crippen LogP) is 2.70. The van der Waals surface area contributed by atoms with E-state index in [2.05, 4.69) is 0 Å². The Balaban J connectivity index is 2.42. The summed E-state index contributed by atoms with van der Waals surface area (Å²) >= 11 is 0. The summed E-state index contributed by atoms with van der Waals surface area (Å²) in [5.74, 6) is -1.16. The maximum Gasteiger partial charge on any atom is 0.337 e. The van der Waals surface area contributed by atoms with Crippen molar-refractivity contribution in [2.75, 3.05) is 0 Å². The van der Waals surface area contributed by atoms with E-state index in [1.807, 2.05) is 36.4 Å². The Hall–Kier alpha value is -3.11. The summed E-state index contributed by atoms with van der Waals surface area (Å²) in [7, 11) is 0. The van der Waals surface area contributed by atoms with E-state index in [4.69, 9.17) is 10.5 Å². The van der Waals surface area contributed by atoms with Crippen LogP contribution < -0.4 is 0 Å². The monoisotopic (exact) mass is 260 g/mol. The van der Waals surface area contributed by atoms with Crippen LogP contribution in [0.2, 0.25) is 0 Å². The average molecular weight is 260 g/mol. The van der Waals surface area contributed by atoms with Gasteiger partial charge in [0.15, 0.2) is 0 Å². The maximum absolute atomic E-state index is 11.5. The molecule has 1 N–H and O–H groups in total. The van der Waals surface area contributed by atoms with Gasteiger partial charge in [-0.1, -0.05) is 24.3 Å². The van der Waals surface area contributed by atoms with Crippen molar-refractivity contribution in [1.29, 1.82) is 10.5 Å². The van der Waals surface area contributed by atoms with Crippen LogP contribution >= 0.6 is 0 Å². The van der Waals surface area contributed by atoms with Crippen LogP contribution in [-0.4, -0.2) is 11.1 Å². The Labute approximate surface area is 115 Å². The molecule has 4 nitrogen and oxygen atoms in total. The summed E-state index contributed by atoms with van der Waals surface area (Å²) in [5.41, 5.74) is 3.34. The Kier molecular flexibility index (Phi) is 2.52. The number of nitriles is 2. The Morgan fingerprint density at radius 2 is 1.90 bits per heavy atom. The standard InChI is InChI=1S/C16H8N2O2/c17-7-10-6-12-11-4-2-1-3-9(11)5-13(12)15(16(19)20)14(10)8-18/h1-4,6H,5H2,(H,19,20). The quantitative estimate of drug-likeness (QED) is 0.728. The van der Waals surface area contributed by atoms with Crippen LogP contribution in [0.15, 0.2) is 30.3 Å². The van der Waals surface area contributed by atoms with E-state index < -0.39 is 5.97 Å². The average Bonchev–Trinajstić information content (AvgIpc) is 2.82. The fourth-order valence-electron chi connectivity index (χ4n) is 2.72. The zero-order valence-corrected chi connectivity index (χ0v) is 10.3. The molecule has 0 aromatic heterocycles. The van der Waals surface area contributed by atoms with Crippen molar-refractivity contribution in [2.24, 2.45) is 0 Å². The Bertz CT molecular complexity index is 839. The molecule has 0 radical (unpaired) electrons. The number of carboxylic acids is 1. The number of benzene rings is 2. The van der Waals surface area contributed by atoms with Gasteiger partial charge in [-0.25, -0.2) is 4.79 Å². The highest BCUT2D eigenvalue weighted by Gasteiger charge is 2.28. The third kappa shape index (κ3) is 1.49. The molecule has 0 saturated carbocycles. The van der Waals surface area contributed by atoms with Gasteiger partial charge in [-0.05, 0) is 34.7 Å². The number of fused-ring (bicyclic) bond motifs is 3. The van der Waals surface area contributed by atoms with E-state index in [0.29, 0.717) is 12.0 Å². The number of aromatic carboxylic acids is 1. The summed E-state index contributed by atoms with van der Waals surface area (Å²) in [5, 5.41) is 27.7. The molecule has 0 atom stereocenters. The summed E-state index contributed by atoms with van der Waals surface area (Å²) in [6.45, 7) is 0. The van der Waals surface area contributed by atoms with Gasteiger partial charge in [-0.3, -0.25) is 0 Å². The highest BCUT2D eigenvalue weighted by atomic mass is 16.4. The molecule has 0 bridgehead atoms. The second kappa shape index (κ2) is 4.22. The van der Waals surface area contributed by atoms with E-state index in [1.54, 1.807) is 6.07 Å². The summed E-state index contributed by atoms with van der Waals surface area (Å²) in [4.78, 5) is 11.5. The molecule has 1 aliphatic rings. The van der Waals surface area contributed by atoms with Crippen LogP contribution in [-0.2, 0) is 6.42 Å². The number of rotatable bonds is 1. The fourth-order valence-corrected chi connectivity index (χ4v) is 2.72. The zero-order valence-electron chi connectivity index (χ0n) is 10.3. The van der Waals surface area contributed by atoms with E-state index >= 15 is 0 Å². The van der Waals surface area contributed by atoms with Gasteiger partial charge in [-0.15, -0.1) is 0 Å². The smallest absolute Gasteiger partial charge is 0.337 e. The molecule has 3 rings (SSSR count). The lowest BCUT2D eigenvalue weighted by Crippen LogP contribution is -2.07. The fraction of sp³-hybridized carbons (Fsp3) is 0.0625. The molecule has 94 valence electrons. The number of carbonyl (C=O) groups is 1. The van der Waals surface area contributed by atoms with Gasteiger partial charge in [0.05, 0.1) is 16.7 Å².